The lowest BCUT2D eigenvalue weighted by Gasteiger charge is -2.28. The van der Waals surface area contributed by atoms with E-state index in [1.165, 1.54) is 0 Å². The predicted octanol–water partition coefficient (Wildman–Crippen LogP) is 2.77. The number of pyridine rings is 2. The summed E-state index contributed by atoms with van der Waals surface area (Å²) in [7, 11) is 0. The lowest BCUT2D eigenvalue weighted by Crippen LogP contribution is -2.37. The van der Waals surface area contributed by atoms with Crippen LogP contribution in [0.15, 0.2) is 48.8 Å². The topological polar surface area (TPSA) is 119 Å². The van der Waals surface area contributed by atoms with Gasteiger partial charge in [0, 0.05) is 68.4 Å². The molecule has 4 heterocycles. The summed E-state index contributed by atoms with van der Waals surface area (Å²) in [6, 6.07) is 11.7. The maximum Gasteiger partial charge on any atom is 0.269 e. The first-order valence-electron chi connectivity index (χ1n) is 12.2. The van der Waals surface area contributed by atoms with E-state index in [2.05, 4.69) is 33.9 Å². The molecule has 4 aromatic rings. The van der Waals surface area contributed by atoms with Gasteiger partial charge in [0.05, 0.1) is 23.6 Å². The van der Waals surface area contributed by atoms with Crippen LogP contribution in [0.4, 0.5) is 0 Å². The van der Waals surface area contributed by atoms with Gasteiger partial charge in [-0.2, -0.15) is 0 Å². The minimum Gasteiger partial charge on any atom is -0.349 e. The highest BCUT2D eigenvalue weighted by atomic mass is 16.2. The normalized spacial score (nSPS) is 13.0. The molecule has 0 aliphatic carbocycles. The number of fused-ring (bicyclic) bond motifs is 2. The predicted molar refractivity (Wildman–Crippen MR) is 138 cm³/mol. The molecule has 0 saturated heterocycles. The fourth-order valence-corrected chi connectivity index (χ4v) is 4.69. The van der Waals surface area contributed by atoms with Crippen molar-refractivity contribution >= 4 is 22.6 Å². The van der Waals surface area contributed by atoms with Gasteiger partial charge in [-0.1, -0.05) is 25.1 Å². The van der Waals surface area contributed by atoms with E-state index in [1.807, 2.05) is 29.3 Å². The zero-order chi connectivity index (χ0) is 25.2. The minimum atomic E-state index is -0.249. The van der Waals surface area contributed by atoms with Crippen molar-refractivity contribution in [1.82, 2.24) is 29.7 Å². The molecular weight excluding hydrogens is 454 g/mol. The number of carbonyl (C=O) groups excluding carboxylic acids is 2. The summed E-state index contributed by atoms with van der Waals surface area (Å²) in [4.78, 5) is 40.1. The molecule has 184 valence electrons. The minimum absolute atomic E-state index is 0.0761. The summed E-state index contributed by atoms with van der Waals surface area (Å²) in [5.41, 5.74) is 10.4. The molecule has 9 heteroatoms. The molecule has 2 amide bonds. The molecule has 9 nitrogen and oxygen atoms in total. The first kappa shape index (κ1) is 23.6. The van der Waals surface area contributed by atoms with E-state index in [1.54, 1.807) is 19.2 Å². The van der Waals surface area contributed by atoms with Crippen LogP contribution in [0.1, 0.15) is 35.9 Å². The van der Waals surface area contributed by atoms with Crippen molar-refractivity contribution in [3.63, 3.8) is 0 Å². The molecule has 1 aromatic carbocycles. The van der Waals surface area contributed by atoms with Crippen molar-refractivity contribution in [2.24, 2.45) is 5.73 Å². The van der Waals surface area contributed by atoms with Gasteiger partial charge in [-0.05, 0) is 23.6 Å². The van der Waals surface area contributed by atoms with E-state index in [9.17, 15) is 9.59 Å². The molecule has 1 aliphatic rings. The SMILES string of the molecule is CCc1nc(-c2cccc3cc(-c4ccc(C(=O)NCCN)nc4)ncc23)c2n1CCN(C(C)=O)C2. The van der Waals surface area contributed by atoms with Crippen molar-refractivity contribution in [2.45, 2.75) is 33.4 Å². The summed E-state index contributed by atoms with van der Waals surface area (Å²) in [5.74, 6) is 0.861. The average Bonchev–Trinajstić information content (AvgIpc) is 3.29. The zero-order valence-electron chi connectivity index (χ0n) is 20.5. The number of nitrogens with two attached hydrogens (primary N) is 1. The largest absolute Gasteiger partial charge is 0.349 e. The van der Waals surface area contributed by atoms with Crippen LogP contribution in [0.2, 0.25) is 0 Å². The summed E-state index contributed by atoms with van der Waals surface area (Å²) >= 11 is 0. The van der Waals surface area contributed by atoms with E-state index in [0.29, 0.717) is 31.9 Å². The van der Waals surface area contributed by atoms with Crippen LogP contribution in [0, 0.1) is 0 Å². The van der Waals surface area contributed by atoms with Crippen LogP contribution in [0.3, 0.4) is 0 Å². The summed E-state index contributed by atoms with van der Waals surface area (Å²) in [6.07, 6.45) is 4.35. The third-order valence-corrected chi connectivity index (χ3v) is 6.59. The number of aromatic nitrogens is 4. The van der Waals surface area contributed by atoms with Gasteiger partial charge in [-0.15, -0.1) is 0 Å². The van der Waals surface area contributed by atoms with Crippen molar-refractivity contribution in [3.8, 4) is 22.5 Å². The van der Waals surface area contributed by atoms with E-state index < -0.39 is 0 Å². The Morgan fingerprint density at radius 3 is 2.69 bits per heavy atom. The molecular formula is C27H29N7O2. The molecule has 0 atom stereocenters. The third-order valence-electron chi connectivity index (χ3n) is 6.59. The number of nitrogens with one attached hydrogen (secondary N) is 1. The highest BCUT2D eigenvalue weighted by Gasteiger charge is 2.26. The van der Waals surface area contributed by atoms with Crippen molar-refractivity contribution in [1.29, 1.82) is 0 Å². The van der Waals surface area contributed by atoms with Crippen LogP contribution in [-0.2, 0) is 24.3 Å². The lowest BCUT2D eigenvalue weighted by molar-refractivity contribution is -0.130. The van der Waals surface area contributed by atoms with Crippen molar-refractivity contribution in [3.05, 3.63) is 66.0 Å². The Morgan fingerprint density at radius 1 is 1.11 bits per heavy atom. The third kappa shape index (κ3) is 4.33. The first-order chi connectivity index (χ1) is 17.5. The number of amides is 2. The highest BCUT2D eigenvalue weighted by molar-refractivity contribution is 5.97. The second-order valence-corrected chi connectivity index (χ2v) is 8.84. The van der Waals surface area contributed by atoms with Gasteiger partial charge in [-0.25, -0.2) is 4.98 Å². The number of benzene rings is 1. The zero-order valence-corrected chi connectivity index (χ0v) is 20.5. The maximum absolute atomic E-state index is 12.1. The van der Waals surface area contributed by atoms with Crippen LogP contribution < -0.4 is 11.1 Å². The van der Waals surface area contributed by atoms with E-state index in [-0.39, 0.29) is 11.8 Å². The molecule has 3 N–H and O–H groups in total. The van der Waals surface area contributed by atoms with Crippen LogP contribution >= 0.6 is 0 Å². The molecule has 3 aromatic heterocycles. The molecule has 5 rings (SSSR count). The molecule has 0 unspecified atom stereocenters. The molecule has 36 heavy (non-hydrogen) atoms. The van der Waals surface area contributed by atoms with Gasteiger partial charge in [0.1, 0.15) is 11.5 Å². The first-order valence-corrected chi connectivity index (χ1v) is 12.2. The molecule has 0 fully saturated rings. The Labute approximate surface area is 209 Å². The van der Waals surface area contributed by atoms with Gasteiger partial charge < -0.3 is 20.5 Å². The Kier molecular flexibility index (Phi) is 6.47. The molecule has 1 aliphatic heterocycles. The molecule has 0 saturated carbocycles. The Hall–Kier alpha value is -4.11. The van der Waals surface area contributed by atoms with Gasteiger partial charge in [0.15, 0.2) is 0 Å². The summed E-state index contributed by atoms with van der Waals surface area (Å²) < 4.78 is 2.26. The fourth-order valence-electron chi connectivity index (χ4n) is 4.69. The standard InChI is InChI=1S/C27H29N7O2/c1-3-25-32-26(24-16-33(17(2)35)11-12-34(24)25)20-6-4-5-18-13-23(31-15-21(18)20)19-7-8-22(30-14-19)27(36)29-10-9-28/h4-8,13-15H,3,9-12,16,28H2,1-2H3,(H,29,36). The second-order valence-electron chi connectivity index (χ2n) is 8.84. The average molecular weight is 484 g/mol. The fraction of sp³-hybridized carbons (Fsp3) is 0.296. The van der Waals surface area contributed by atoms with E-state index in [4.69, 9.17) is 15.7 Å². The number of hydrogen-bond acceptors (Lipinski definition) is 6. The van der Waals surface area contributed by atoms with Gasteiger partial charge in [0.25, 0.3) is 5.91 Å². The maximum atomic E-state index is 12.1. The number of carbonyl (C=O) groups is 2. The van der Waals surface area contributed by atoms with Crippen LogP contribution in [0.25, 0.3) is 33.3 Å². The van der Waals surface area contributed by atoms with Crippen LogP contribution in [0.5, 0.6) is 0 Å². The Morgan fingerprint density at radius 2 is 1.97 bits per heavy atom. The number of imidazole rings is 1. The Balaban J connectivity index is 1.51. The molecule has 0 bridgehead atoms. The van der Waals surface area contributed by atoms with E-state index >= 15 is 0 Å². The van der Waals surface area contributed by atoms with Gasteiger partial charge >= 0.3 is 0 Å². The molecule has 0 radical (unpaired) electrons. The van der Waals surface area contributed by atoms with E-state index in [0.717, 1.165) is 57.8 Å². The van der Waals surface area contributed by atoms with Crippen molar-refractivity contribution < 1.29 is 9.59 Å². The highest BCUT2D eigenvalue weighted by Crippen LogP contribution is 2.34. The number of nitrogens with zero attached hydrogens (tertiary/aromatic N) is 5. The van der Waals surface area contributed by atoms with Crippen LogP contribution in [-0.4, -0.2) is 55.9 Å². The van der Waals surface area contributed by atoms with Crippen molar-refractivity contribution in [2.75, 3.05) is 19.6 Å². The lowest BCUT2D eigenvalue weighted by atomic mass is 10.0. The number of hydrogen-bond donors (Lipinski definition) is 2. The Bertz CT molecular complexity index is 1440. The number of rotatable bonds is 6. The quantitative estimate of drug-likeness (QED) is 0.435. The number of aryl methyl sites for hydroxylation is 1. The van der Waals surface area contributed by atoms with Gasteiger partial charge in [-0.3, -0.25) is 19.6 Å². The summed E-state index contributed by atoms with van der Waals surface area (Å²) in [5, 5.41) is 4.74. The summed E-state index contributed by atoms with van der Waals surface area (Å²) in [6.45, 7) is 6.51. The van der Waals surface area contributed by atoms with Gasteiger partial charge in [0.2, 0.25) is 5.91 Å². The monoisotopic (exact) mass is 483 g/mol. The smallest absolute Gasteiger partial charge is 0.269 e. The molecule has 0 spiro atoms. The second kappa shape index (κ2) is 9.87.